The SMILES string of the molecule is CC[C@@H](C(=O)NC1CCCCC1)n1nc(C)c2c(C)n(-c3ccccc3)nc2c1=O. The highest BCUT2D eigenvalue weighted by atomic mass is 16.2. The number of aryl methyl sites for hydroxylation is 2. The zero-order valence-electron chi connectivity index (χ0n) is 17.9. The van der Waals surface area contributed by atoms with Gasteiger partial charge in [0.1, 0.15) is 6.04 Å². The number of nitrogens with one attached hydrogen (secondary N) is 1. The maximum Gasteiger partial charge on any atom is 0.295 e. The predicted octanol–water partition coefficient (Wildman–Crippen LogP) is 3.60. The van der Waals surface area contributed by atoms with Gasteiger partial charge in [0.25, 0.3) is 5.56 Å². The number of hydrogen-bond donors (Lipinski definition) is 1. The maximum atomic E-state index is 13.3. The monoisotopic (exact) mass is 407 g/mol. The first-order valence-electron chi connectivity index (χ1n) is 10.9. The molecule has 0 spiro atoms. The third-order valence-electron chi connectivity index (χ3n) is 6.08. The van der Waals surface area contributed by atoms with Gasteiger partial charge in [0, 0.05) is 6.04 Å². The molecule has 0 bridgehead atoms. The Morgan fingerprint density at radius 3 is 2.50 bits per heavy atom. The fraction of sp³-hybridized carbons (Fsp3) is 0.478. The molecule has 7 nitrogen and oxygen atoms in total. The van der Waals surface area contributed by atoms with Gasteiger partial charge in [-0.15, -0.1) is 0 Å². The van der Waals surface area contributed by atoms with Gasteiger partial charge in [-0.25, -0.2) is 9.36 Å². The number of hydrogen-bond acceptors (Lipinski definition) is 4. The Labute approximate surface area is 176 Å². The van der Waals surface area contributed by atoms with Crippen LogP contribution in [0.25, 0.3) is 16.6 Å². The molecule has 3 aromatic rings. The quantitative estimate of drug-likeness (QED) is 0.701. The molecule has 30 heavy (non-hydrogen) atoms. The summed E-state index contributed by atoms with van der Waals surface area (Å²) < 4.78 is 3.10. The number of rotatable bonds is 5. The van der Waals surface area contributed by atoms with Gasteiger partial charge in [-0.3, -0.25) is 9.59 Å². The van der Waals surface area contributed by atoms with E-state index >= 15 is 0 Å². The highest BCUT2D eigenvalue weighted by Crippen LogP contribution is 2.23. The Morgan fingerprint density at radius 1 is 1.13 bits per heavy atom. The number of amides is 1. The van der Waals surface area contributed by atoms with Crippen molar-refractivity contribution in [3.8, 4) is 5.69 Å². The first-order chi connectivity index (χ1) is 14.5. The molecule has 0 unspecified atom stereocenters. The Kier molecular flexibility index (Phi) is 5.70. The summed E-state index contributed by atoms with van der Waals surface area (Å²) >= 11 is 0. The standard InChI is InChI=1S/C23H29N5O2/c1-4-19(22(29)24-17-11-7-5-8-12-17)28-23(30)21-20(15(2)25-28)16(3)27(26-21)18-13-9-6-10-14-18/h6,9-10,13-14,17,19H,4-5,7-8,11-12H2,1-3H3,(H,24,29)/t19-/m0/s1. The average molecular weight is 408 g/mol. The van der Waals surface area contributed by atoms with Crippen molar-refractivity contribution in [1.29, 1.82) is 0 Å². The van der Waals surface area contributed by atoms with Gasteiger partial charge >= 0.3 is 0 Å². The molecular formula is C23H29N5O2. The molecule has 0 aliphatic heterocycles. The minimum Gasteiger partial charge on any atom is -0.352 e. The highest BCUT2D eigenvalue weighted by molar-refractivity contribution is 5.84. The van der Waals surface area contributed by atoms with Gasteiger partial charge in [0.05, 0.1) is 22.5 Å². The van der Waals surface area contributed by atoms with E-state index in [0.717, 1.165) is 42.5 Å². The summed E-state index contributed by atoms with van der Waals surface area (Å²) in [6.07, 6.45) is 6.01. The van der Waals surface area contributed by atoms with Crippen LogP contribution in [0.2, 0.25) is 0 Å². The van der Waals surface area contributed by atoms with E-state index < -0.39 is 6.04 Å². The van der Waals surface area contributed by atoms with Crippen molar-refractivity contribution < 1.29 is 4.79 Å². The van der Waals surface area contributed by atoms with Crippen LogP contribution in [0.1, 0.15) is 62.9 Å². The molecular weight excluding hydrogens is 378 g/mol. The molecule has 2 aromatic heterocycles. The van der Waals surface area contributed by atoms with Gasteiger partial charge < -0.3 is 5.32 Å². The van der Waals surface area contributed by atoms with Gasteiger partial charge in [-0.1, -0.05) is 44.4 Å². The van der Waals surface area contributed by atoms with E-state index in [2.05, 4.69) is 15.5 Å². The van der Waals surface area contributed by atoms with Crippen LogP contribution in [0.3, 0.4) is 0 Å². The third kappa shape index (κ3) is 3.64. The van der Waals surface area contributed by atoms with E-state index in [1.807, 2.05) is 51.1 Å². The lowest BCUT2D eigenvalue weighted by molar-refractivity contribution is -0.125. The van der Waals surface area contributed by atoms with Gasteiger partial charge in [0.15, 0.2) is 5.52 Å². The minimum atomic E-state index is -0.635. The molecule has 1 saturated carbocycles. The van der Waals surface area contributed by atoms with Crippen LogP contribution in [-0.2, 0) is 4.79 Å². The number of aromatic nitrogens is 4. The molecule has 4 rings (SSSR count). The largest absolute Gasteiger partial charge is 0.352 e. The van der Waals surface area contributed by atoms with E-state index in [1.54, 1.807) is 4.68 Å². The summed E-state index contributed by atoms with van der Waals surface area (Å²) in [5.41, 5.74) is 2.49. The van der Waals surface area contributed by atoms with E-state index in [1.165, 1.54) is 11.1 Å². The Balaban J connectivity index is 1.74. The smallest absolute Gasteiger partial charge is 0.295 e. The second kappa shape index (κ2) is 8.42. The van der Waals surface area contributed by atoms with Gasteiger partial charge in [-0.05, 0) is 45.2 Å². The second-order valence-electron chi connectivity index (χ2n) is 8.16. The Bertz CT molecular complexity index is 1110. The summed E-state index contributed by atoms with van der Waals surface area (Å²) in [5.74, 6) is -0.128. The van der Waals surface area contributed by atoms with Crippen LogP contribution in [0, 0.1) is 13.8 Å². The van der Waals surface area contributed by atoms with Crippen molar-refractivity contribution in [2.75, 3.05) is 0 Å². The Hall–Kier alpha value is -2.96. The zero-order valence-corrected chi connectivity index (χ0v) is 17.9. The molecule has 1 atom stereocenters. The van der Waals surface area contributed by atoms with Crippen LogP contribution in [0.5, 0.6) is 0 Å². The van der Waals surface area contributed by atoms with Crippen molar-refractivity contribution in [2.24, 2.45) is 0 Å². The lowest BCUT2D eigenvalue weighted by Crippen LogP contribution is -2.43. The molecule has 1 aliphatic carbocycles. The zero-order chi connectivity index (χ0) is 21.3. The summed E-state index contributed by atoms with van der Waals surface area (Å²) in [5, 5.41) is 13.0. The lowest BCUT2D eigenvalue weighted by atomic mass is 9.95. The van der Waals surface area contributed by atoms with E-state index in [0.29, 0.717) is 17.6 Å². The van der Waals surface area contributed by atoms with Crippen molar-refractivity contribution >= 4 is 16.8 Å². The highest BCUT2D eigenvalue weighted by Gasteiger charge is 2.27. The normalized spacial score (nSPS) is 16.0. The lowest BCUT2D eigenvalue weighted by Gasteiger charge is -2.25. The molecule has 1 aliphatic rings. The topological polar surface area (TPSA) is 81.8 Å². The molecule has 158 valence electrons. The first kappa shape index (κ1) is 20.3. The number of carbonyl (C=O) groups is 1. The fourth-order valence-corrected chi connectivity index (χ4v) is 4.50. The molecule has 1 amide bonds. The summed E-state index contributed by atoms with van der Waals surface area (Å²) in [6.45, 7) is 5.72. The van der Waals surface area contributed by atoms with Crippen molar-refractivity contribution in [1.82, 2.24) is 24.9 Å². The number of benzene rings is 1. The van der Waals surface area contributed by atoms with Crippen molar-refractivity contribution in [3.63, 3.8) is 0 Å². The van der Waals surface area contributed by atoms with Crippen LogP contribution in [0.15, 0.2) is 35.1 Å². The number of carbonyl (C=O) groups excluding carboxylic acids is 1. The molecule has 0 saturated heterocycles. The second-order valence-corrected chi connectivity index (χ2v) is 8.16. The third-order valence-corrected chi connectivity index (χ3v) is 6.08. The summed E-state index contributed by atoms with van der Waals surface area (Å²) in [7, 11) is 0. The van der Waals surface area contributed by atoms with Crippen LogP contribution in [0.4, 0.5) is 0 Å². The summed E-state index contributed by atoms with van der Waals surface area (Å²) in [4.78, 5) is 26.3. The maximum absolute atomic E-state index is 13.3. The molecule has 1 aromatic carbocycles. The van der Waals surface area contributed by atoms with E-state index in [-0.39, 0.29) is 17.5 Å². The number of fused-ring (bicyclic) bond motifs is 1. The van der Waals surface area contributed by atoms with Crippen molar-refractivity contribution in [3.05, 3.63) is 52.1 Å². The average Bonchev–Trinajstić information content (AvgIpc) is 3.11. The summed E-state index contributed by atoms with van der Waals surface area (Å²) in [6, 6.07) is 9.28. The predicted molar refractivity (Wildman–Crippen MR) is 117 cm³/mol. The van der Waals surface area contributed by atoms with Gasteiger partial charge in [0.2, 0.25) is 5.91 Å². The minimum absolute atomic E-state index is 0.128. The van der Waals surface area contributed by atoms with Crippen molar-refractivity contribution in [2.45, 2.75) is 71.4 Å². The van der Waals surface area contributed by atoms with E-state index in [4.69, 9.17) is 0 Å². The molecule has 0 radical (unpaired) electrons. The fourth-order valence-electron chi connectivity index (χ4n) is 4.50. The molecule has 1 fully saturated rings. The Morgan fingerprint density at radius 2 is 1.83 bits per heavy atom. The molecule has 2 heterocycles. The first-order valence-corrected chi connectivity index (χ1v) is 10.9. The molecule has 7 heteroatoms. The van der Waals surface area contributed by atoms with Gasteiger partial charge in [-0.2, -0.15) is 10.2 Å². The molecule has 1 N–H and O–H groups in total. The van der Waals surface area contributed by atoms with Crippen LogP contribution < -0.4 is 10.9 Å². The van der Waals surface area contributed by atoms with Crippen LogP contribution in [-0.4, -0.2) is 31.5 Å². The number of para-hydroxylation sites is 1. The number of nitrogens with zero attached hydrogens (tertiary/aromatic N) is 4. The van der Waals surface area contributed by atoms with Crippen LogP contribution >= 0.6 is 0 Å². The van der Waals surface area contributed by atoms with E-state index in [9.17, 15) is 9.59 Å².